The van der Waals surface area contributed by atoms with Crippen LogP contribution in [0.1, 0.15) is 36.6 Å². The Labute approximate surface area is 117 Å². The van der Waals surface area contributed by atoms with E-state index in [1.165, 1.54) is 0 Å². The fourth-order valence-electron chi connectivity index (χ4n) is 1.87. The first-order valence-corrected chi connectivity index (χ1v) is 6.66. The van der Waals surface area contributed by atoms with Gasteiger partial charge >= 0.3 is 0 Å². The van der Waals surface area contributed by atoms with E-state index < -0.39 is 0 Å². The van der Waals surface area contributed by atoms with Crippen LogP contribution < -0.4 is 0 Å². The quantitative estimate of drug-likeness (QED) is 0.861. The lowest BCUT2D eigenvalue weighted by Crippen LogP contribution is -2.07. The number of hydrogen-bond acceptors (Lipinski definition) is 3. The Morgan fingerprint density at radius 1 is 1.32 bits per heavy atom. The summed E-state index contributed by atoms with van der Waals surface area (Å²) in [4.78, 5) is 4.46. The van der Waals surface area contributed by atoms with E-state index in [4.69, 9.17) is 16.9 Å². The average molecular weight is 275 g/mol. The molecule has 1 heterocycles. The van der Waals surface area contributed by atoms with E-state index in [9.17, 15) is 0 Å². The predicted molar refractivity (Wildman–Crippen MR) is 74.0 cm³/mol. The lowest BCUT2D eigenvalue weighted by molar-refractivity contribution is 0.637. The Bertz CT molecular complexity index is 625. The van der Waals surface area contributed by atoms with Gasteiger partial charge in [0.2, 0.25) is 0 Å². The Kier molecular flexibility index (Phi) is 4.18. The van der Waals surface area contributed by atoms with Gasteiger partial charge in [-0.3, -0.25) is 0 Å². The highest BCUT2D eigenvalue weighted by molar-refractivity contribution is 6.31. The molecule has 0 atom stereocenters. The summed E-state index contributed by atoms with van der Waals surface area (Å²) in [6.45, 7) is 4.68. The lowest BCUT2D eigenvalue weighted by Gasteiger charge is -2.06. The average Bonchev–Trinajstić information content (AvgIpc) is 2.83. The van der Waals surface area contributed by atoms with Gasteiger partial charge in [0.15, 0.2) is 5.82 Å². The van der Waals surface area contributed by atoms with E-state index in [-0.39, 0.29) is 0 Å². The van der Waals surface area contributed by atoms with Crippen LogP contribution in [0.2, 0.25) is 5.02 Å². The largest absolute Gasteiger partial charge is 0.245 e. The van der Waals surface area contributed by atoms with Crippen molar-refractivity contribution in [2.24, 2.45) is 0 Å². The van der Waals surface area contributed by atoms with Gasteiger partial charge in [0.05, 0.1) is 18.2 Å². The van der Waals surface area contributed by atoms with Gasteiger partial charge < -0.3 is 0 Å². The minimum atomic E-state index is 0.567. The Morgan fingerprint density at radius 3 is 2.68 bits per heavy atom. The third-order valence-electron chi connectivity index (χ3n) is 2.93. The number of nitriles is 1. The van der Waals surface area contributed by atoms with E-state index >= 15 is 0 Å². The number of hydrogen-bond donors (Lipinski definition) is 0. The molecule has 0 aliphatic carbocycles. The molecule has 0 amide bonds. The molecule has 2 aromatic rings. The first-order valence-electron chi connectivity index (χ1n) is 6.29. The smallest absolute Gasteiger partial charge is 0.150 e. The zero-order valence-corrected chi connectivity index (χ0v) is 11.8. The van der Waals surface area contributed by atoms with Crippen LogP contribution in [0.4, 0.5) is 0 Å². The van der Waals surface area contributed by atoms with Gasteiger partial charge in [0.25, 0.3) is 0 Å². The summed E-state index contributed by atoms with van der Waals surface area (Å²) in [5.41, 5.74) is 1.51. The minimum absolute atomic E-state index is 0.567. The van der Waals surface area contributed by atoms with E-state index in [0.29, 0.717) is 17.1 Å². The summed E-state index contributed by atoms with van der Waals surface area (Å²) in [6, 6.07) is 7.39. The molecule has 98 valence electrons. The van der Waals surface area contributed by atoms with Crippen molar-refractivity contribution in [3.63, 3.8) is 0 Å². The molecule has 0 saturated heterocycles. The van der Waals surface area contributed by atoms with E-state index in [0.717, 1.165) is 30.1 Å². The first-order chi connectivity index (χ1) is 9.17. The second-order valence-electron chi connectivity index (χ2n) is 4.23. The normalized spacial score (nSPS) is 10.4. The maximum atomic E-state index is 8.82. The van der Waals surface area contributed by atoms with Gasteiger partial charge in [-0.2, -0.15) is 10.4 Å². The molecular formula is C14H15ClN4. The molecule has 2 rings (SSSR count). The molecule has 0 aliphatic rings. The lowest BCUT2D eigenvalue weighted by atomic mass is 10.1. The highest BCUT2D eigenvalue weighted by Gasteiger charge is 2.09. The van der Waals surface area contributed by atoms with Gasteiger partial charge in [0.1, 0.15) is 5.82 Å². The van der Waals surface area contributed by atoms with E-state index in [1.54, 1.807) is 12.1 Å². The van der Waals surface area contributed by atoms with Crippen LogP contribution in [0.3, 0.4) is 0 Å². The maximum Gasteiger partial charge on any atom is 0.150 e. The zero-order chi connectivity index (χ0) is 13.8. The molecule has 0 spiro atoms. The van der Waals surface area contributed by atoms with Gasteiger partial charge in [0, 0.05) is 17.9 Å². The highest BCUT2D eigenvalue weighted by atomic mass is 35.5. The van der Waals surface area contributed by atoms with Crippen molar-refractivity contribution in [1.29, 1.82) is 5.26 Å². The van der Waals surface area contributed by atoms with Crippen LogP contribution in [0.15, 0.2) is 18.2 Å². The highest BCUT2D eigenvalue weighted by Crippen LogP contribution is 2.19. The second-order valence-corrected chi connectivity index (χ2v) is 4.63. The molecule has 0 bridgehead atoms. The van der Waals surface area contributed by atoms with Crippen LogP contribution >= 0.6 is 11.6 Å². The molecule has 0 radical (unpaired) electrons. The standard InChI is InChI=1S/C14H15ClN4/c1-3-13-17-14(4-2)19(18-13)9-11-6-5-10(8-16)7-12(11)15/h5-7H,3-4,9H2,1-2H3. The Balaban J connectivity index is 2.31. The number of aromatic nitrogens is 3. The monoisotopic (exact) mass is 274 g/mol. The molecular weight excluding hydrogens is 260 g/mol. The minimum Gasteiger partial charge on any atom is -0.245 e. The fourth-order valence-corrected chi connectivity index (χ4v) is 2.11. The van der Waals surface area contributed by atoms with Gasteiger partial charge in [-0.25, -0.2) is 9.67 Å². The maximum absolute atomic E-state index is 8.82. The van der Waals surface area contributed by atoms with Crippen molar-refractivity contribution >= 4 is 11.6 Å². The van der Waals surface area contributed by atoms with Crippen molar-refractivity contribution in [2.75, 3.05) is 0 Å². The van der Waals surface area contributed by atoms with Crippen molar-refractivity contribution in [1.82, 2.24) is 14.8 Å². The predicted octanol–water partition coefficient (Wildman–Crippen LogP) is 2.98. The molecule has 5 heteroatoms. The van der Waals surface area contributed by atoms with Crippen LogP contribution in [0.25, 0.3) is 0 Å². The van der Waals surface area contributed by atoms with Crippen molar-refractivity contribution < 1.29 is 0 Å². The molecule has 0 fully saturated rings. The number of rotatable bonds is 4. The summed E-state index contributed by atoms with van der Waals surface area (Å²) in [5.74, 6) is 1.80. The zero-order valence-electron chi connectivity index (χ0n) is 11.0. The fraction of sp³-hybridized carbons (Fsp3) is 0.357. The molecule has 1 aromatic carbocycles. The molecule has 19 heavy (non-hydrogen) atoms. The molecule has 1 aromatic heterocycles. The SMILES string of the molecule is CCc1nc(CC)n(Cc2ccc(C#N)cc2Cl)n1. The molecule has 0 aliphatic heterocycles. The number of nitrogens with zero attached hydrogens (tertiary/aromatic N) is 4. The number of halogens is 1. The van der Waals surface area contributed by atoms with Crippen LogP contribution in [0.5, 0.6) is 0 Å². The van der Waals surface area contributed by atoms with Gasteiger partial charge in [-0.15, -0.1) is 0 Å². The molecule has 4 nitrogen and oxygen atoms in total. The summed E-state index contributed by atoms with van der Waals surface area (Å²) in [5, 5.41) is 13.9. The molecule has 0 saturated carbocycles. The number of aryl methyl sites for hydroxylation is 2. The van der Waals surface area contributed by atoms with Crippen LogP contribution in [-0.2, 0) is 19.4 Å². The van der Waals surface area contributed by atoms with Gasteiger partial charge in [-0.1, -0.05) is 31.5 Å². The summed E-state index contributed by atoms with van der Waals surface area (Å²) >= 11 is 6.18. The van der Waals surface area contributed by atoms with Crippen LogP contribution in [-0.4, -0.2) is 14.8 Å². The van der Waals surface area contributed by atoms with Crippen LogP contribution in [0, 0.1) is 11.3 Å². The summed E-state index contributed by atoms with van der Waals surface area (Å²) in [7, 11) is 0. The van der Waals surface area contributed by atoms with E-state index in [1.807, 2.05) is 17.7 Å². The summed E-state index contributed by atoms with van der Waals surface area (Å²) in [6.07, 6.45) is 1.65. The van der Waals surface area contributed by atoms with E-state index in [2.05, 4.69) is 23.1 Å². The topological polar surface area (TPSA) is 54.5 Å². The summed E-state index contributed by atoms with van der Waals surface area (Å²) < 4.78 is 1.88. The van der Waals surface area contributed by atoms with Gasteiger partial charge in [-0.05, 0) is 17.7 Å². The van der Waals surface area contributed by atoms with Crippen molar-refractivity contribution in [2.45, 2.75) is 33.2 Å². The third-order valence-corrected chi connectivity index (χ3v) is 3.28. The Morgan fingerprint density at radius 2 is 2.11 bits per heavy atom. The first kappa shape index (κ1) is 13.6. The Hall–Kier alpha value is -1.86. The molecule has 0 N–H and O–H groups in total. The molecule has 0 unspecified atom stereocenters. The second kappa shape index (κ2) is 5.85. The number of benzene rings is 1. The van der Waals surface area contributed by atoms with Crippen molar-refractivity contribution in [3.05, 3.63) is 46.0 Å². The third kappa shape index (κ3) is 2.94. The van der Waals surface area contributed by atoms with Crippen molar-refractivity contribution in [3.8, 4) is 6.07 Å².